The molecule has 0 aliphatic rings. The topological polar surface area (TPSA) is 39.2 Å². The molecule has 0 aliphatic carbocycles. The first-order chi connectivity index (χ1) is 8.97. The normalized spacial score (nSPS) is 11.1. The Morgan fingerprint density at radius 3 is 2.42 bits per heavy atom. The number of carbonyl (C=O) groups is 1. The van der Waals surface area contributed by atoms with Gasteiger partial charge in [-0.25, -0.2) is 9.78 Å². The van der Waals surface area contributed by atoms with Crippen molar-refractivity contribution in [2.24, 2.45) is 0 Å². The van der Waals surface area contributed by atoms with E-state index in [0.29, 0.717) is 6.07 Å². The third-order valence-electron chi connectivity index (χ3n) is 2.25. The Kier molecular flexibility index (Phi) is 3.50. The number of para-hydroxylation sites is 1. The van der Waals surface area contributed by atoms with Crippen LogP contribution in [0.3, 0.4) is 0 Å². The molecule has 0 saturated heterocycles. The lowest BCUT2D eigenvalue weighted by molar-refractivity contribution is -0.137. The zero-order valence-corrected chi connectivity index (χ0v) is 9.52. The van der Waals surface area contributed by atoms with Gasteiger partial charge < -0.3 is 4.74 Å². The van der Waals surface area contributed by atoms with E-state index in [2.05, 4.69) is 4.98 Å². The lowest BCUT2D eigenvalue weighted by atomic mass is 10.2. The molecule has 1 aromatic heterocycles. The van der Waals surface area contributed by atoms with Gasteiger partial charge in [0.1, 0.15) is 11.4 Å². The van der Waals surface area contributed by atoms with Crippen molar-refractivity contribution in [3.8, 4) is 5.75 Å². The van der Waals surface area contributed by atoms with Gasteiger partial charge in [0.2, 0.25) is 0 Å². The molecule has 2 rings (SSSR count). The first-order valence-corrected chi connectivity index (χ1v) is 5.27. The van der Waals surface area contributed by atoms with Crippen LogP contribution in [0.2, 0.25) is 0 Å². The summed E-state index contributed by atoms with van der Waals surface area (Å²) in [6.45, 7) is 0. The van der Waals surface area contributed by atoms with E-state index in [9.17, 15) is 18.0 Å². The molecule has 0 fully saturated rings. The minimum atomic E-state index is -4.52. The summed E-state index contributed by atoms with van der Waals surface area (Å²) in [4.78, 5) is 15.2. The van der Waals surface area contributed by atoms with E-state index in [4.69, 9.17) is 4.74 Å². The molecule has 0 amide bonds. The first kappa shape index (κ1) is 13.1. The predicted molar refractivity (Wildman–Crippen MR) is 60.6 cm³/mol. The molecule has 0 saturated carbocycles. The summed E-state index contributed by atoms with van der Waals surface area (Å²) >= 11 is 0. The number of nitrogens with zero attached hydrogens (tertiary/aromatic N) is 1. The van der Waals surface area contributed by atoms with Gasteiger partial charge in [-0.15, -0.1) is 0 Å². The van der Waals surface area contributed by atoms with Gasteiger partial charge in [0.05, 0.1) is 5.56 Å². The highest BCUT2D eigenvalue weighted by molar-refractivity contribution is 5.89. The van der Waals surface area contributed by atoms with Gasteiger partial charge in [0.15, 0.2) is 0 Å². The molecular formula is C13H8F3NO2. The summed E-state index contributed by atoms with van der Waals surface area (Å²) in [6, 6.07) is 9.49. The second-order valence-electron chi connectivity index (χ2n) is 3.63. The molecule has 0 radical (unpaired) electrons. The Hall–Kier alpha value is -2.37. The smallest absolute Gasteiger partial charge is 0.416 e. The maximum atomic E-state index is 12.5. The molecule has 0 bridgehead atoms. The fourth-order valence-electron chi connectivity index (χ4n) is 1.37. The van der Waals surface area contributed by atoms with E-state index >= 15 is 0 Å². The quantitative estimate of drug-likeness (QED) is 0.619. The minimum absolute atomic E-state index is 0.242. The van der Waals surface area contributed by atoms with Crippen molar-refractivity contribution < 1.29 is 22.7 Å². The van der Waals surface area contributed by atoms with Gasteiger partial charge in [0, 0.05) is 6.20 Å². The number of esters is 1. The summed E-state index contributed by atoms with van der Waals surface area (Å²) in [5.74, 6) is -0.691. The van der Waals surface area contributed by atoms with Gasteiger partial charge in [-0.05, 0) is 24.3 Å². The third-order valence-corrected chi connectivity index (χ3v) is 2.25. The van der Waals surface area contributed by atoms with Crippen LogP contribution < -0.4 is 4.74 Å². The highest BCUT2D eigenvalue weighted by Crippen LogP contribution is 2.29. The van der Waals surface area contributed by atoms with Crippen LogP contribution in [0, 0.1) is 0 Å². The zero-order chi connectivity index (χ0) is 13.9. The SMILES string of the molecule is O=C(Oc1ccccc1)c1cc(C(F)(F)F)ccn1. The average Bonchev–Trinajstić information content (AvgIpc) is 2.39. The van der Waals surface area contributed by atoms with E-state index in [0.717, 1.165) is 12.3 Å². The molecular weight excluding hydrogens is 259 g/mol. The summed E-state index contributed by atoms with van der Waals surface area (Å²) < 4.78 is 42.3. The van der Waals surface area contributed by atoms with Crippen molar-refractivity contribution in [1.29, 1.82) is 0 Å². The lowest BCUT2D eigenvalue weighted by Gasteiger charge is -2.07. The Bertz CT molecular complexity index is 582. The molecule has 0 aliphatic heterocycles. The van der Waals surface area contributed by atoms with Gasteiger partial charge >= 0.3 is 12.1 Å². The number of ether oxygens (including phenoxy) is 1. The van der Waals surface area contributed by atoms with Crippen molar-refractivity contribution in [3.05, 3.63) is 59.9 Å². The molecule has 0 N–H and O–H groups in total. The summed E-state index contributed by atoms with van der Waals surface area (Å²) in [6.07, 6.45) is -3.60. The van der Waals surface area contributed by atoms with Crippen LogP contribution >= 0.6 is 0 Å². The van der Waals surface area contributed by atoms with E-state index in [1.807, 2.05) is 0 Å². The number of hydrogen-bond donors (Lipinski definition) is 0. The van der Waals surface area contributed by atoms with Crippen LogP contribution in [0.5, 0.6) is 5.75 Å². The predicted octanol–water partition coefficient (Wildman–Crippen LogP) is 3.32. The van der Waals surface area contributed by atoms with Crippen molar-refractivity contribution >= 4 is 5.97 Å². The van der Waals surface area contributed by atoms with Gasteiger partial charge in [-0.3, -0.25) is 0 Å². The molecule has 1 heterocycles. The van der Waals surface area contributed by atoms with E-state index in [1.54, 1.807) is 18.2 Å². The monoisotopic (exact) mass is 267 g/mol. The largest absolute Gasteiger partial charge is 0.422 e. The molecule has 0 atom stereocenters. The number of benzene rings is 1. The number of aromatic nitrogens is 1. The second-order valence-corrected chi connectivity index (χ2v) is 3.63. The maximum Gasteiger partial charge on any atom is 0.416 e. The Morgan fingerprint density at radius 2 is 1.79 bits per heavy atom. The van der Waals surface area contributed by atoms with Gasteiger partial charge in [-0.1, -0.05) is 18.2 Å². The van der Waals surface area contributed by atoms with Crippen LogP contribution in [0.15, 0.2) is 48.7 Å². The van der Waals surface area contributed by atoms with E-state index < -0.39 is 23.4 Å². The van der Waals surface area contributed by atoms with Crippen LogP contribution in [0.4, 0.5) is 13.2 Å². The van der Waals surface area contributed by atoms with Crippen LogP contribution in [-0.2, 0) is 6.18 Å². The third kappa shape index (κ3) is 3.31. The molecule has 3 nitrogen and oxygen atoms in total. The minimum Gasteiger partial charge on any atom is -0.422 e. The standard InChI is InChI=1S/C13H8F3NO2/c14-13(15,16)9-6-7-17-11(8-9)12(18)19-10-4-2-1-3-5-10/h1-8H. The maximum absolute atomic E-state index is 12.5. The number of rotatable bonds is 2. The highest BCUT2D eigenvalue weighted by Gasteiger charge is 2.31. The molecule has 0 unspecified atom stereocenters. The van der Waals surface area contributed by atoms with Crippen molar-refractivity contribution in [2.45, 2.75) is 6.18 Å². The highest BCUT2D eigenvalue weighted by atomic mass is 19.4. The van der Waals surface area contributed by atoms with Crippen molar-refractivity contribution in [2.75, 3.05) is 0 Å². The molecule has 1 aromatic carbocycles. The number of halogens is 3. The molecule has 98 valence electrons. The Labute approximate surface area is 106 Å². The van der Waals surface area contributed by atoms with Crippen LogP contribution in [0.1, 0.15) is 16.1 Å². The molecule has 6 heteroatoms. The van der Waals surface area contributed by atoms with E-state index in [1.165, 1.54) is 12.1 Å². The van der Waals surface area contributed by atoms with Crippen LogP contribution in [-0.4, -0.2) is 11.0 Å². The summed E-state index contributed by atoms with van der Waals surface area (Å²) in [5.41, 5.74) is -1.33. The summed E-state index contributed by atoms with van der Waals surface area (Å²) in [5, 5.41) is 0. The number of hydrogen-bond acceptors (Lipinski definition) is 3. The van der Waals surface area contributed by atoms with E-state index in [-0.39, 0.29) is 5.75 Å². The first-order valence-electron chi connectivity index (χ1n) is 5.27. The fraction of sp³-hybridized carbons (Fsp3) is 0.0769. The van der Waals surface area contributed by atoms with Gasteiger partial charge in [-0.2, -0.15) is 13.2 Å². The fourth-order valence-corrected chi connectivity index (χ4v) is 1.37. The van der Waals surface area contributed by atoms with Crippen LogP contribution in [0.25, 0.3) is 0 Å². The Morgan fingerprint density at radius 1 is 1.11 bits per heavy atom. The Balaban J connectivity index is 2.20. The molecule has 19 heavy (non-hydrogen) atoms. The number of alkyl halides is 3. The van der Waals surface area contributed by atoms with Crippen molar-refractivity contribution in [1.82, 2.24) is 4.98 Å². The van der Waals surface area contributed by atoms with Crippen molar-refractivity contribution in [3.63, 3.8) is 0 Å². The summed E-state index contributed by atoms with van der Waals surface area (Å²) in [7, 11) is 0. The zero-order valence-electron chi connectivity index (χ0n) is 9.52. The second kappa shape index (κ2) is 5.09. The van der Waals surface area contributed by atoms with Gasteiger partial charge in [0.25, 0.3) is 0 Å². The number of carbonyl (C=O) groups excluding carboxylic acids is 1. The molecule has 0 spiro atoms. The lowest BCUT2D eigenvalue weighted by Crippen LogP contribution is -2.13. The molecule has 2 aromatic rings. The average molecular weight is 267 g/mol. The number of pyridine rings is 1.